The Labute approximate surface area is 273 Å². The Kier molecular flexibility index (Phi) is 30.4. The molecule has 0 heterocycles. The van der Waals surface area contributed by atoms with E-state index in [0.717, 1.165) is 38.5 Å². The number of rotatable bonds is 33. The number of hydrogen-bond acceptors (Lipinski definition) is 9. The highest BCUT2D eigenvalue weighted by molar-refractivity contribution is 7.47. The lowest BCUT2D eigenvalue weighted by atomic mass is 10.1. The van der Waals surface area contributed by atoms with Gasteiger partial charge in [0.1, 0.15) is 12.7 Å². The molecular weight excluding hydrogens is 599 g/mol. The average molecular weight is 665 g/mol. The number of unbranched alkanes of at least 4 members (excludes halogenated alkanes) is 17. The van der Waals surface area contributed by atoms with Crippen LogP contribution in [0.15, 0.2) is 12.2 Å². The standard InChI is InChI=1S/C34H65O10P/c1-3-5-7-9-11-12-13-14-15-16-17-18-20-22-24-26-34(38)44-32(30-43-45(39,40)42-28-31(36)27-35)29-41-33(37)25-23-21-19-10-8-6-4-2/h9,11,31-32,35-36H,3-8,10,12-30H2,1-2H3,(H,39,40)/b11-9+/t31-,32+/m0/s1. The lowest BCUT2D eigenvalue weighted by molar-refractivity contribution is -0.161. The molecule has 0 aromatic rings. The van der Waals surface area contributed by atoms with Crippen molar-refractivity contribution in [3.05, 3.63) is 12.2 Å². The number of ether oxygens (including phenoxy) is 2. The lowest BCUT2D eigenvalue weighted by Gasteiger charge is -2.20. The summed E-state index contributed by atoms with van der Waals surface area (Å²) in [6, 6.07) is 0. The van der Waals surface area contributed by atoms with Crippen LogP contribution >= 0.6 is 7.82 Å². The van der Waals surface area contributed by atoms with Crippen molar-refractivity contribution in [1.29, 1.82) is 0 Å². The molecule has 0 spiro atoms. The van der Waals surface area contributed by atoms with Gasteiger partial charge in [-0.3, -0.25) is 18.6 Å². The molecule has 45 heavy (non-hydrogen) atoms. The first kappa shape index (κ1) is 43.7. The predicted molar refractivity (Wildman–Crippen MR) is 178 cm³/mol. The summed E-state index contributed by atoms with van der Waals surface area (Å²) in [7, 11) is -4.60. The van der Waals surface area contributed by atoms with Gasteiger partial charge in [0.15, 0.2) is 6.10 Å². The maximum Gasteiger partial charge on any atom is 0.472 e. The van der Waals surface area contributed by atoms with E-state index in [9.17, 15) is 24.2 Å². The van der Waals surface area contributed by atoms with Crippen LogP contribution in [0.4, 0.5) is 0 Å². The highest BCUT2D eigenvalue weighted by Gasteiger charge is 2.27. The van der Waals surface area contributed by atoms with E-state index in [2.05, 4.69) is 30.5 Å². The highest BCUT2D eigenvalue weighted by Crippen LogP contribution is 2.43. The zero-order valence-corrected chi connectivity index (χ0v) is 29.2. The third-order valence-electron chi connectivity index (χ3n) is 7.42. The molecule has 10 nitrogen and oxygen atoms in total. The summed E-state index contributed by atoms with van der Waals surface area (Å²) in [6.07, 6.45) is 24.9. The van der Waals surface area contributed by atoms with Gasteiger partial charge in [-0.2, -0.15) is 0 Å². The Morgan fingerprint density at radius 3 is 1.67 bits per heavy atom. The second-order valence-corrected chi connectivity index (χ2v) is 13.4. The first-order valence-electron chi connectivity index (χ1n) is 17.6. The largest absolute Gasteiger partial charge is 0.472 e. The third kappa shape index (κ3) is 31.1. The van der Waals surface area contributed by atoms with Gasteiger partial charge >= 0.3 is 19.8 Å². The number of allylic oxidation sites excluding steroid dienone is 2. The molecule has 0 aliphatic rings. The minimum atomic E-state index is -4.60. The molecule has 0 saturated carbocycles. The number of carbonyl (C=O) groups is 2. The van der Waals surface area contributed by atoms with Crippen LogP contribution in [0, 0.1) is 0 Å². The van der Waals surface area contributed by atoms with E-state index >= 15 is 0 Å². The fraction of sp³-hybridized carbons (Fsp3) is 0.882. The maximum absolute atomic E-state index is 12.5. The molecule has 0 fully saturated rings. The Bertz CT molecular complexity index is 776. The van der Waals surface area contributed by atoms with Gasteiger partial charge in [0.2, 0.25) is 0 Å². The predicted octanol–water partition coefficient (Wildman–Crippen LogP) is 8.11. The minimum Gasteiger partial charge on any atom is -0.462 e. The molecule has 0 aromatic heterocycles. The molecule has 1 unspecified atom stereocenters. The van der Waals surface area contributed by atoms with Gasteiger partial charge in [-0.25, -0.2) is 4.57 Å². The Morgan fingerprint density at radius 2 is 1.11 bits per heavy atom. The molecule has 0 rings (SSSR count). The molecule has 0 aliphatic carbocycles. The van der Waals surface area contributed by atoms with Gasteiger partial charge in [-0.1, -0.05) is 122 Å². The topological polar surface area (TPSA) is 149 Å². The van der Waals surface area contributed by atoms with Crippen molar-refractivity contribution in [3.8, 4) is 0 Å². The SMILES string of the molecule is CCCC/C=C/CCCCCCCCCCCC(=O)O[C@H](COC(=O)CCCCCCCCC)COP(=O)(O)OC[C@@H](O)CO. The maximum atomic E-state index is 12.5. The van der Waals surface area contributed by atoms with E-state index in [4.69, 9.17) is 19.1 Å². The summed E-state index contributed by atoms with van der Waals surface area (Å²) in [5, 5.41) is 18.2. The molecule has 0 amide bonds. The summed E-state index contributed by atoms with van der Waals surface area (Å²) in [5.74, 6) is -0.932. The summed E-state index contributed by atoms with van der Waals surface area (Å²) in [6.45, 7) is 2.28. The monoisotopic (exact) mass is 664 g/mol. The third-order valence-corrected chi connectivity index (χ3v) is 8.37. The van der Waals surface area contributed by atoms with E-state index in [1.807, 2.05) is 0 Å². The number of aliphatic hydroxyl groups is 2. The fourth-order valence-electron chi connectivity index (χ4n) is 4.62. The van der Waals surface area contributed by atoms with Crippen LogP contribution < -0.4 is 0 Å². The first-order valence-corrected chi connectivity index (χ1v) is 19.1. The summed E-state index contributed by atoms with van der Waals surface area (Å²) < 4.78 is 32.4. The summed E-state index contributed by atoms with van der Waals surface area (Å²) in [4.78, 5) is 34.6. The number of phosphoric acid groups is 1. The molecule has 3 N–H and O–H groups in total. The lowest BCUT2D eigenvalue weighted by Crippen LogP contribution is -2.29. The second kappa shape index (κ2) is 31.3. The number of esters is 2. The Hall–Kier alpha value is -1.29. The number of carbonyl (C=O) groups excluding carboxylic acids is 2. The second-order valence-electron chi connectivity index (χ2n) is 11.9. The van der Waals surface area contributed by atoms with Crippen molar-refractivity contribution in [3.63, 3.8) is 0 Å². The van der Waals surface area contributed by atoms with Gasteiger partial charge in [0.25, 0.3) is 0 Å². The van der Waals surface area contributed by atoms with Crippen molar-refractivity contribution in [1.82, 2.24) is 0 Å². The quantitative estimate of drug-likeness (QED) is 0.0272. The molecule has 0 bridgehead atoms. The Balaban J connectivity index is 4.34. The van der Waals surface area contributed by atoms with Crippen molar-refractivity contribution in [2.24, 2.45) is 0 Å². The van der Waals surface area contributed by atoms with Gasteiger partial charge in [-0.15, -0.1) is 0 Å². The van der Waals surface area contributed by atoms with Gasteiger partial charge < -0.3 is 24.6 Å². The molecular formula is C34H65O10P. The summed E-state index contributed by atoms with van der Waals surface area (Å²) >= 11 is 0. The average Bonchev–Trinajstić information content (AvgIpc) is 3.02. The van der Waals surface area contributed by atoms with Gasteiger partial charge in [0.05, 0.1) is 19.8 Å². The number of aliphatic hydroxyl groups excluding tert-OH is 2. The highest BCUT2D eigenvalue weighted by atomic mass is 31.2. The van der Waals surface area contributed by atoms with E-state index < -0.39 is 51.8 Å². The van der Waals surface area contributed by atoms with Crippen LogP contribution in [0.3, 0.4) is 0 Å². The molecule has 0 saturated heterocycles. The normalized spacial score (nSPS) is 14.3. The fourth-order valence-corrected chi connectivity index (χ4v) is 5.41. The number of hydrogen-bond donors (Lipinski definition) is 3. The molecule has 0 aliphatic heterocycles. The van der Waals surface area contributed by atoms with Crippen LogP contribution in [0.2, 0.25) is 0 Å². The van der Waals surface area contributed by atoms with Crippen LogP contribution in [0.25, 0.3) is 0 Å². The van der Waals surface area contributed by atoms with E-state index in [1.54, 1.807) is 0 Å². The van der Waals surface area contributed by atoms with E-state index in [-0.39, 0.29) is 19.4 Å². The number of phosphoric ester groups is 1. The van der Waals surface area contributed by atoms with E-state index in [1.165, 1.54) is 77.0 Å². The molecule has 11 heteroatoms. The molecule has 266 valence electrons. The summed E-state index contributed by atoms with van der Waals surface area (Å²) in [5.41, 5.74) is 0. The molecule has 0 aromatic carbocycles. The minimum absolute atomic E-state index is 0.185. The first-order chi connectivity index (χ1) is 21.7. The zero-order valence-electron chi connectivity index (χ0n) is 28.3. The molecule has 0 radical (unpaired) electrons. The Morgan fingerprint density at radius 1 is 0.644 bits per heavy atom. The van der Waals surface area contributed by atoms with Crippen LogP contribution in [-0.2, 0) is 32.7 Å². The molecule has 3 atom stereocenters. The van der Waals surface area contributed by atoms with Crippen molar-refractivity contribution in [2.45, 2.75) is 167 Å². The van der Waals surface area contributed by atoms with Crippen LogP contribution in [0.5, 0.6) is 0 Å². The van der Waals surface area contributed by atoms with Crippen LogP contribution in [-0.4, -0.2) is 65.7 Å². The van der Waals surface area contributed by atoms with E-state index in [0.29, 0.717) is 12.8 Å². The van der Waals surface area contributed by atoms with Crippen molar-refractivity contribution < 1.29 is 47.8 Å². The van der Waals surface area contributed by atoms with Crippen molar-refractivity contribution in [2.75, 3.05) is 26.4 Å². The smallest absolute Gasteiger partial charge is 0.462 e. The van der Waals surface area contributed by atoms with Crippen molar-refractivity contribution >= 4 is 19.8 Å². The van der Waals surface area contributed by atoms with Gasteiger partial charge in [-0.05, 0) is 32.1 Å². The zero-order chi connectivity index (χ0) is 33.4. The van der Waals surface area contributed by atoms with Crippen LogP contribution in [0.1, 0.15) is 155 Å². The van der Waals surface area contributed by atoms with Gasteiger partial charge in [0, 0.05) is 12.8 Å².